The maximum Gasteiger partial charge on any atom is 0.315 e. The second-order valence-electron chi connectivity index (χ2n) is 6.46. The molecule has 1 fully saturated rings. The molecular weight excluding hydrogens is 200 g/mol. The van der Waals surface area contributed by atoms with Crippen LogP contribution in [0.3, 0.4) is 0 Å². The molecule has 1 aliphatic rings. The first-order chi connectivity index (χ1) is 7.26. The molecule has 0 bridgehead atoms. The minimum Gasteiger partial charge on any atom is -0.335 e. The van der Waals surface area contributed by atoms with Gasteiger partial charge in [-0.3, -0.25) is 0 Å². The normalized spacial score (nSPS) is 30.9. The molecule has 3 nitrogen and oxygen atoms in total. The molecule has 0 spiro atoms. The van der Waals surface area contributed by atoms with Crippen LogP contribution >= 0.6 is 0 Å². The van der Waals surface area contributed by atoms with Crippen LogP contribution in [0, 0.1) is 11.8 Å². The first-order valence-corrected chi connectivity index (χ1v) is 6.35. The molecule has 1 saturated carbocycles. The van der Waals surface area contributed by atoms with Crippen LogP contribution in [0.25, 0.3) is 0 Å². The van der Waals surface area contributed by atoms with Crippen molar-refractivity contribution in [2.45, 2.75) is 65.5 Å². The molecule has 1 aliphatic carbocycles. The number of hydrogen-bond donors (Lipinski definition) is 2. The van der Waals surface area contributed by atoms with E-state index in [0.717, 1.165) is 24.7 Å². The third-order valence-electron chi connectivity index (χ3n) is 3.00. The van der Waals surface area contributed by atoms with E-state index in [0.29, 0.717) is 6.04 Å². The van der Waals surface area contributed by atoms with Gasteiger partial charge < -0.3 is 10.6 Å². The Bertz CT molecular complexity index is 235. The van der Waals surface area contributed by atoms with Gasteiger partial charge in [-0.1, -0.05) is 13.8 Å². The summed E-state index contributed by atoms with van der Waals surface area (Å²) in [6.45, 7) is 10.5. The van der Waals surface area contributed by atoms with Crippen LogP contribution in [0.5, 0.6) is 0 Å². The van der Waals surface area contributed by atoms with Crippen molar-refractivity contribution >= 4 is 6.03 Å². The second kappa shape index (κ2) is 5.07. The highest BCUT2D eigenvalue weighted by molar-refractivity contribution is 5.74. The Kier molecular flexibility index (Phi) is 4.22. The molecule has 0 aliphatic heterocycles. The molecule has 2 amide bonds. The maximum atomic E-state index is 11.7. The Labute approximate surface area is 99.4 Å². The van der Waals surface area contributed by atoms with Crippen molar-refractivity contribution in [3.63, 3.8) is 0 Å². The van der Waals surface area contributed by atoms with E-state index >= 15 is 0 Å². The number of rotatable bonds is 1. The van der Waals surface area contributed by atoms with Crippen LogP contribution in [0.2, 0.25) is 0 Å². The minimum atomic E-state index is -0.157. The molecule has 0 aromatic heterocycles. The molecule has 16 heavy (non-hydrogen) atoms. The third kappa shape index (κ3) is 4.86. The summed E-state index contributed by atoms with van der Waals surface area (Å²) in [4.78, 5) is 11.7. The van der Waals surface area contributed by atoms with Crippen molar-refractivity contribution in [1.82, 2.24) is 10.6 Å². The van der Waals surface area contributed by atoms with E-state index in [-0.39, 0.29) is 11.6 Å². The van der Waals surface area contributed by atoms with E-state index in [4.69, 9.17) is 0 Å². The van der Waals surface area contributed by atoms with E-state index in [9.17, 15) is 4.79 Å². The van der Waals surface area contributed by atoms with Crippen molar-refractivity contribution in [3.8, 4) is 0 Å². The average molecular weight is 226 g/mol. The molecule has 0 aromatic rings. The van der Waals surface area contributed by atoms with Gasteiger partial charge >= 0.3 is 6.03 Å². The highest BCUT2D eigenvalue weighted by Gasteiger charge is 2.25. The van der Waals surface area contributed by atoms with E-state index in [1.54, 1.807) is 0 Å². The van der Waals surface area contributed by atoms with Crippen LogP contribution in [-0.4, -0.2) is 17.6 Å². The van der Waals surface area contributed by atoms with E-state index in [1.807, 2.05) is 20.8 Å². The van der Waals surface area contributed by atoms with Crippen molar-refractivity contribution in [1.29, 1.82) is 0 Å². The molecular formula is C13H26N2O. The standard InChI is InChI=1S/C13H26N2O/c1-9-6-10(2)8-11(7-9)14-12(16)15-13(3,4)5/h9-11H,6-8H2,1-5H3,(H2,14,15,16). The molecule has 0 saturated heterocycles. The summed E-state index contributed by atoms with van der Waals surface area (Å²) in [6.07, 6.45) is 3.52. The lowest BCUT2D eigenvalue weighted by molar-refractivity contribution is 0.207. The Morgan fingerprint density at radius 2 is 1.56 bits per heavy atom. The first kappa shape index (κ1) is 13.3. The fourth-order valence-electron chi connectivity index (χ4n) is 2.63. The monoisotopic (exact) mass is 226 g/mol. The van der Waals surface area contributed by atoms with Gasteiger partial charge in [0.25, 0.3) is 0 Å². The van der Waals surface area contributed by atoms with Gasteiger partial charge in [0.15, 0.2) is 0 Å². The molecule has 0 aromatic carbocycles. The fourth-order valence-corrected chi connectivity index (χ4v) is 2.63. The highest BCUT2D eigenvalue weighted by Crippen LogP contribution is 2.28. The fraction of sp³-hybridized carbons (Fsp3) is 0.923. The number of carbonyl (C=O) groups is 1. The van der Waals surface area contributed by atoms with Crippen LogP contribution in [0.4, 0.5) is 4.79 Å². The summed E-state index contributed by atoms with van der Waals surface area (Å²) in [6, 6.07) is 0.319. The molecule has 2 atom stereocenters. The van der Waals surface area contributed by atoms with Gasteiger partial charge in [-0.25, -0.2) is 4.79 Å². The zero-order valence-corrected chi connectivity index (χ0v) is 11.3. The second-order valence-corrected chi connectivity index (χ2v) is 6.46. The zero-order chi connectivity index (χ0) is 12.3. The molecule has 1 rings (SSSR count). The molecule has 94 valence electrons. The summed E-state index contributed by atoms with van der Waals surface area (Å²) in [5.74, 6) is 1.45. The Morgan fingerprint density at radius 1 is 1.06 bits per heavy atom. The van der Waals surface area contributed by atoms with Gasteiger partial charge in [0.2, 0.25) is 0 Å². The zero-order valence-electron chi connectivity index (χ0n) is 11.3. The van der Waals surface area contributed by atoms with Gasteiger partial charge in [0.1, 0.15) is 0 Å². The van der Waals surface area contributed by atoms with Crippen molar-refractivity contribution in [2.24, 2.45) is 11.8 Å². The van der Waals surface area contributed by atoms with Crippen LogP contribution in [-0.2, 0) is 0 Å². The van der Waals surface area contributed by atoms with Crippen LogP contribution in [0.1, 0.15) is 53.9 Å². The number of hydrogen-bond acceptors (Lipinski definition) is 1. The largest absolute Gasteiger partial charge is 0.335 e. The first-order valence-electron chi connectivity index (χ1n) is 6.35. The summed E-state index contributed by atoms with van der Waals surface area (Å²) >= 11 is 0. The predicted molar refractivity (Wildman–Crippen MR) is 67.4 cm³/mol. The van der Waals surface area contributed by atoms with Gasteiger partial charge in [-0.05, 0) is 51.9 Å². The van der Waals surface area contributed by atoms with E-state index in [2.05, 4.69) is 24.5 Å². The lowest BCUT2D eigenvalue weighted by Crippen LogP contribution is -2.50. The Hall–Kier alpha value is -0.730. The number of urea groups is 1. The van der Waals surface area contributed by atoms with Gasteiger partial charge in [0.05, 0.1) is 0 Å². The smallest absolute Gasteiger partial charge is 0.315 e. The lowest BCUT2D eigenvalue weighted by Gasteiger charge is -2.33. The van der Waals surface area contributed by atoms with Crippen LogP contribution < -0.4 is 10.6 Å². The molecule has 0 radical (unpaired) electrons. The molecule has 3 heteroatoms. The minimum absolute atomic E-state index is 0.0289. The van der Waals surface area contributed by atoms with Crippen molar-refractivity contribution in [3.05, 3.63) is 0 Å². The molecule has 0 heterocycles. The number of carbonyl (C=O) groups excluding carboxylic acids is 1. The number of nitrogens with one attached hydrogen (secondary N) is 2. The average Bonchev–Trinajstić information content (AvgIpc) is 1.96. The maximum absolute atomic E-state index is 11.7. The summed E-state index contributed by atoms with van der Waals surface area (Å²) in [5, 5.41) is 6.03. The Balaban J connectivity index is 2.39. The molecule has 2 unspecified atom stereocenters. The highest BCUT2D eigenvalue weighted by atomic mass is 16.2. The molecule has 2 N–H and O–H groups in total. The quantitative estimate of drug-likeness (QED) is 0.709. The third-order valence-corrected chi connectivity index (χ3v) is 3.00. The lowest BCUT2D eigenvalue weighted by atomic mass is 9.80. The van der Waals surface area contributed by atoms with E-state index in [1.165, 1.54) is 6.42 Å². The van der Waals surface area contributed by atoms with Crippen molar-refractivity contribution < 1.29 is 4.79 Å². The van der Waals surface area contributed by atoms with Crippen LogP contribution in [0.15, 0.2) is 0 Å². The Morgan fingerprint density at radius 3 is 2.00 bits per heavy atom. The predicted octanol–water partition coefficient (Wildman–Crippen LogP) is 2.91. The topological polar surface area (TPSA) is 41.1 Å². The van der Waals surface area contributed by atoms with Gasteiger partial charge in [-0.2, -0.15) is 0 Å². The van der Waals surface area contributed by atoms with Gasteiger partial charge in [0, 0.05) is 11.6 Å². The summed E-state index contributed by atoms with van der Waals surface area (Å²) in [5.41, 5.74) is -0.157. The van der Waals surface area contributed by atoms with Crippen molar-refractivity contribution in [2.75, 3.05) is 0 Å². The van der Waals surface area contributed by atoms with Gasteiger partial charge in [-0.15, -0.1) is 0 Å². The summed E-state index contributed by atoms with van der Waals surface area (Å²) < 4.78 is 0. The number of amides is 2. The van der Waals surface area contributed by atoms with E-state index < -0.39 is 0 Å². The summed E-state index contributed by atoms with van der Waals surface area (Å²) in [7, 11) is 0. The SMILES string of the molecule is CC1CC(C)CC(NC(=O)NC(C)(C)C)C1.